The third kappa shape index (κ3) is 5.35. The van der Waals surface area contributed by atoms with Gasteiger partial charge in [-0.1, -0.05) is 30.3 Å². The van der Waals surface area contributed by atoms with Crippen LogP contribution in [0.3, 0.4) is 0 Å². The summed E-state index contributed by atoms with van der Waals surface area (Å²) in [6, 6.07) is 13.1. The van der Waals surface area contributed by atoms with Crippen molar-refractivity contribution in [2.45, 2.75) is 33.8 Å². The Bertz CT molecular complexity index is 750. The summed E-state index contributed by atoms with van der Waals surface area (Å²) in [4.78, 5) is 24.1. The summed E-state index contributed by atoms with van der Waals surface area (Å²) in [5.74, 6) is -0.378. The molecule has 2 rings (SSSR count). The molecule has 2 aromatic rings. The van der Waals surface area contributed by atoms with Crippen LogP contribution in [0, 0.1) is 20.8 Å². The van der Waals surface area contributed by atoms with E-state index in [2.05, 4.69) is 5.32 Å². The van der Waals surface area contributed by atoms with Crippen LogP contribution in [0.1, 0.15) is 23.6 Å². The molecule has 0 saturated carbocycles. The minimum Gasteiger partial charge on any atom is -0.482 e. The SMILES string of the molecule is Cc1cccc(OCC(=O)OC(C)C(=O)Nc2c(C)cccc2C)c1. The van der Waals surface area contributed by atoms with Gasteiger partial charge in [0.1, 0.15) is 5.75 Å². The fourth-order valence-corrected chi connectivity index (χ4v) is 2.37. The van der Waals surface area contributed by atoms with Gasteiger partial charge in [0.15, 0.2) is 12.7 Å². The Balaban J connectivity index is 1.87. The average Bonchev–Trinajstić information content (AvgIpc) is 2.56. The normalized spacial score (nSPS) is 11.5. The van der Waals surface area contributed by atoms with Crippen molar-refractivity contribution in [2.24, 2.45) is 0 Å². The first-order valence-electron chi connectivity index (χ1n) is 8.13. The van der Waals surface area contributed by atoms with Gasteiger partial charge in [0, 0.05) is 5.69 Å². The molecule has 2 aromatic carbocycles. The molecule has 0 heterocycles. The Labute approximate surface area is 148 Å². The van der Waals surface area contributed by atoms with Crippen molar-refractivity contribution >= 4 is 17.6 Å². The average molecular weight is 341 g/mol. The summed E-state index contributed by atoms with van der Waals surface area (Å²) in [6.07, 6.45) is -0.910. The second-order valence-electron chi connectivity index (χ2n) is 5.99. The molecule has 0 bridgehead atoms. The predicted octanol–water partition coefficient (Wildman–Crippen LogP) is 3.56. The molecule has 1 atom stereocenters. The zero-order valence-corrected chi connectivity index (χ0v) is 15.0. The monoisotopic (exact) mass is 341 g/mol. The lowest BCUT2D eigenvalue weighted by Crippen LogP contribution is -2.32. The van der Waals surface area contributed by atoms with Gasteiger partial charge in [0.25, 0.3) is 5.91 Å². The highest BCUT2D eigenvalue weighted by Crippen LogP contribution is 2.19. The first-order valence-corrected chi connectivity index (χ1v) is 8.13. The number of para-hydroxylation sites is 1. The summed E-state index contributed by atoms with van der Waals surface area (Å²) in [6.45, 7) is 7.05. The highest BCUT2D eigenvalue weighted by Gasteiger charge is 2.19. The number of esters is 1. The summed E-state index contributed by atoms with van der Waals surface area (Å²) >= 11 is 0. The summed E-state index contributed by atoms with van der Waals surface area (Å²) in [5.41, 5.74) is 3.68. The maximum absolute atomic E-state index is 12.2. The van der Waals surface area contributed by atoms with Crippen molar-refractivity contribution in [2.75, 3.05) is 11.9 Å². The quantitative estimate of drug-likeness (QED) is 0.816. The molecule has 1 N–H and O–H groups in total. The van der Waals surface area contributed by atoms with Crippen molar-refractivity contribution in [1.29, 1.82) is 0 Å². The number of aryl methyl sites for hydroxylation is 3. The third-order valence-electron chi connectivity index (χ3n) is 3.75. The second-order valence-corrected chi connectivity index (χ2v) is 5.99. The Morgan fingerprint density at radius 2 is 1.68 bits per heavy atom. The van der Waals surface area contributed by atoms with Gasteiger partial charge in [-0.05, 0) is 56.5 Å². The number of carbonyl (C=O) groups excluding carboxylic acids is 2. The molecule has 0 aliphatic carbocycles. The molecular formula is C20H23NO4. The Morgan fingerprint density at radius 3 is 2.32 bits per heavy atom. The van der Waals surface area contributed by atoms with Gasteiger partial charge < -0.3 is 14.8 Å². The predicted molar refractivity (Wildman–Crippen MR) is 96.8 cm³/mol. The van der Waals surface area contributed by atoms with Gasteiger partial charge in [-0.25, -0.2) is 4.79 Å². The zero-order chi connectivity index (χ0) is 18.4. The molecule has 0 aromatic heterocycles. The molecule has 5 heteroatoms. The van der Waals surface area contributed by atoms with Gasteiger partial charge in [0.2, 0.25) is 0 Å². The molecule has 0 fully saturated rings. The first kappa shape index (κ1) is 18.5. The van der Waals surface area contributed by atoms with Crippen molar-refractivity contribution in [3.63, 3.8) is 0 Å². The topological polar surface area (TPSA) is 64.6 Å². The molecule has 1 unspecified atom stereocenters. The van der Waals surface area contributed by atoms with Crippen molar-refractivity contribution < 1.29 is 19.1 Å². The van der Waals surface area contributed by atoms with Gasteiger partial charge >= 0.3 is 5.97 Å². The van der Waals surface area contributed by atoms with E-state index in [1.807, 2.05) is 57.2 Å². The number of carbonyl (C=O) groups is 2. The largest absolute Gasteiger partial charge is 0.482 e. The van der Waals surface area contributed by atoms with E-state index in [9.17, 15) is 9.59 Å². The number of rotatable bonds is 6. The van der Waals surface area contributed by atoms with Crippen LogP contribution in [-0.2, 0) is 14.3 Å². The van der Waals surface area contributed by atoms with Crippen molar-refractivity contribution in [3.8, 4) is 5.75 Å². The smallest absolute Gasteiger partial charge is 0.344 e. The second kappa shape index (κ2) is 8.33. The molecule has 5 nitrogen and oxygen atoms in total. The van der Waals surface area contributed by atoms with Crippen LogP contribution in [0.2, 0.25) is 0 Å². The number of nitrogens with one attached hydrogen (secondary N) is 1. The Morgan fingerprint density at radius 1 is 1.04 bits per heavy atom. The van der Waals surface area contributed by atoms with E-state index in [0.29, 0.717) is 5.75 Å². The molecular weight excluding hydrogens is 318 g/mol. The van der Waals surface area contributed by atoms with E-state index in [-0.39, 0.29) is 12.5 Å². The number of hydrogen-bond acceptors (Lipinski definition) is 4. The first-order chi connectivity index (χ1) is 11.9. The van der Waals surface area contributed by atoms with Crippen LogP contribution < -0.4 is 10.1 Å². The van der Waals surface area contributed by atoms with Gasteiger partial charge in [0.05, 0.1) is 0 Å². The van der Waals surface area contributed by atoms with Crippen LogP contribution in [0.15, 0.2) is 42.5 Å². The molecule has 25 heavy (non-hydrogen) atoms. The van der Waals surface area contributed by atoms with Gasteiger partial charge in [-0.3, -0.25) is 4.79 Å². The summed E-state index contributed by atoms with van der Waals surface area (Å²) in [7, 11) is 0. The fraction of sp³-hybridized carbons (Fsp3) is 0.300. The number of hydrogen-bond donors (Lipinski definition) is 1. The van der Waals surface area contributed by atoms with E-state index in [1.165, 1.54) is 6.92 Å². The summed E-state index contributed by atoms with van der Waals surface area (Å²) in [5, 5.41) is 2.81. The third-order valence-corrected chi connectivity index (χ3v) is 3.75. The molecule has 0 aliphatic heterocycles. The molecule has 1 amide bonds. The lowest BCUT2D eigenvalue weighted by Gasteiger charge is -2.16. The number of benzene rings is 2. The molecule has 0 aliphatic rings. The van der Waals surface area contributed by atoms with Crippen molar-refractivity contribution in [3.05, 3.63) is 59.2 Å². The minimum atomic E-state index is -0.910. The molecule has 0 saturated heterocycles. The van der Waals surface area contributed by atoms with Crippen LogP contribution in [-0.4, -0.2) is 24.6 Å². The number of ether oxygens (including phenoxy) is 2. The zero-order valence-electron chi connectivity index (χ0n) is 15.0. The van der Waals surface area contributed by atoms with E-state index in [1.54, 1.807) is 6.07 Å². The standard InChI is InChI=1S/C20H23NO4/c1-13-7-5-10-17(11-13)24-12-18(22)25-16(4)20(23)21-19-14(2)8-6-9-15(19)3/h5-11,16H,12H2,1-4H3,(H,21,23). The lowest BCUT2D eigenvalue weighted by molar-refractivity contribution is -0.155. The van der Waals surface area contributed by atoms with Crippen LogP contribution in [0.5, 0.6) is 5.75 Å². The number of anilines is 1. The van der Waals surface area contributed by atoms with E-state index < -0.39 is 12.1 Å². The van der Waals surface area contributed by atoms with Crippen LogP contribution in [0.25, 0.3) is 0 Å². The van der Waals surface area contributed by atoms with Crippen LogP contribution >= 0.6 is 0 Å². The molecule has 0 spiro atoms. The van der Waals surface area contributed by atoms with Crippen molar-refractivity contribution in [1.82, 2.24) is 0 Å². The van der Waals surface area contributed by atoms with E-state index in [4.69, 9.17) is 9.47 Å². The maximum Gasteiger partial charge on any atom is 0.344 e. The lowest BCUT2D eigenvalue weighted by atomic mass is 10.1. The van der Waals surface area contributed by atoms with E-state index in [0.717, 1.165) is 22.4 Å². The maximum atomic E-state index is 12.2. The van der Waals surface area contributed by atoms with E-state index >= 15 is 0 Å². The minimum absolute atomic E-state index is 0.246. The molecule has 132 valence electrons. The highest BCUT2D eigenvalue weighted by atomic mass is 16.6. The Hall–Kier alpha value is -2.82. The molecule has 0 radical (unpaired) electrons. The fourth-order valence-electron chi connectivity index (χ4n) is 2.37. The van der Waals surface area contributed by atoms with Gasteiger partial charge in [-0.15, -0.1) is 0 Å². The van der Waals surface area contributed by atoms with Gasteiger partial charge in [-0.2, -0.15) is 0 Å². The Kier molecular flexibility index (Phi) is 6.17. The number of amides is 1. The summed E-state index contributed by atoms with van der Waals surface area (Å²) < 4.78 is 10.5. The highest BCUT2D eigenvalue weighted by molar-refractivity contribution is 5.96. The van der Waals surface area contributed by atoms with Crippen LogP contribution in [0.4, 0.5) is 5.69 Å².